The lowest BCUT2D eigenvalue weighted by molar-refractivity contribution is -0.140. The molecule has 0 bridgehead atoms. The Labute approximate surface area is 171 Å². The van der Waals surface area contributed by atoms with Gasteiger partial charge in [-0.3, -0.25) is 4.98 Å². The van der Waals surface area contributed by atoms with E-state index in [0.717, 1.165) is 12.1 Å². The number of carbonyl (C=O) groups is 1. The zero-order chi connectivity index (χ0) is 21.9. The molecular formula is C21H19F3N4O2. The second-order valence-corrected chi connectivity index (χ2v) is 6.87. The second kappa shape index (κ2) is 8.48. The number of hydrogen-bond acceptors (Lipinski definition) is 5. The summed E-state index contributed by atoms with van der Waals surface area (Å²) in [7, 11) is 0. The number of aryl methyl sites for hydroxylation is 1. The van der Waals surface area contributed by atoms with Gasteiger partial charge in [0.15, 0.2) is 5.82 Å². The van der Waals surface area contributed by atoms with Crippen molar-refractivity contribution in [1.29, 1.82) is 0 Å². The minimum absolute atomic E-state index is 0.103. The Balaban J connectivity index is 2.00. The van der Waals surface area contributed by atoms with Crippen molar-refractivity contribution in [3.8, 4) is 11.4 Å². The van der Waals surface area contributed by atoms with E-state index in [1.165, 1.54) is 29.6 Å². The summed E-state index contributed by atoms with van der Waals surface area (Å²) >= 11 is 0. The summed E-state index contributed by atoms with van der Waals surface area (Å²) in [4.78, 5) is 20.6. The molecule has 6 nitrogen and oxygen atoms in total. The molecule has 0 aliphatic heterocycles. The van der Waals surface area contributed by atoms with E-state index in [9.17, 15) is 18.0 Å². The SMILES string of the molecule is Cc1cc(-c2ncn(/C=C(/C(=O)OC(C)C)c3ccncc3)n2)cc(C(F)(F)F)c1. The minimum Gasteiger partial charge on any atom is -0.459 e. The number of rotatable bonds is 5. The molecule has 0 N–H and O–H groups in total. The van der Waals surface area contributed by atoms with Crippen LogP contribution in [-0.2, 0) is 15.7 Å². The Bertz CT molecular complexity index is 1070. The van der Waals surface area contributed by atoms with Gasteiger partial charge in [0.1, 0.15) is 6.33 Å². The zero-order valence-electron chi connectivity index (χ0n) is 16.5. The van der Waals surface area contributed by atoms with Gasteiger partial charge in [-0.05, 0) is 62.2 Å². The molecule has 0 radical (unpaired) electrons. The number of nitrogens with zero attached hydrogens (tertiary/aromatic N) is 4. The molecule has 156 valence electrons. The van der Waals surface area contributed by atoms with Crippen LogP contribution in [0.25, 0.3) is 23.2 Å². The first-order valence-corrected chi connectivity index (χ1v) is 9.07. The molecule has 0 spiro atoms. The van der Waals surface area contributed by atoms with Crippen LogP contribution in [0.5, 0.6) is 0 Å². The molecule has 0 aliphatic rings. The first-order valence-electron chi connectivity index (χ1n) is 9.07. The summed E-state index contributed by atoms with van der Waals surface area (Å²) in [5, 5.41) is 4.21. The van der Waals surface area contributed by atoms with Crippen LogP contribution < -0.4 is 0 Å². The van der Waals surface area contributed by atoms with E-state index in [1.807, 2.05) is 0 Å². The van der Waals surface area contributed by atoms with Crippen molar-refractivity contribution in [1.82, 2.24) is 19.7 Å². The highest BCUT2D eigenvalue weighted by Crippen LogP contribution is 2.32. The van der Waals surface area contributed by atoms with Crippen LogP contribution >= 0.6 is 0 Å². The number of aromatic nitrogens is 4. The van der Waals surface area contributed by atoms with Gasteiger partial charge in [-0.15, -0.1) is 5.10 Å². The minimum atomic E-state index is -4.47. The Morgan fingerprint density at radius 3 is 2.50 bits per heavy atom. The van der Waals surface area contributed by atoms with Crippen LogP contribution in [0.2, 0.25) is 0 Å². The van der Waals surface area contributed by atoms with Gasteiger partial charge in [-0.1, -0.05) is 0 Å². The van der Waals surface area contributed by atoms with Crippen LogP contribution in [0.15, 0.2) is 49.1 Å². The van der Waals surface area contributed by atoms with Crippen molar-refractivity contribution in [3.05, 3.63) is 65.7 Å². The van der Waals surface area contributed by atoms with Gasteiger partial charge in [0.25, 0.3) is 0 Å². The highest BCUT2D eigenvalue weighted by Gasteiger charge is 2.31. The molecule has 2 aromatic heterocycles. The van der Waals surface area contributed by atoms with E-state index >= 15 is 0 Å². The molecule has 0 amide bonds. The number of halogens is 3. The van der Waals surface area contributed by atoms with E-state index in [-0.39, 0.29) is 23.1 Å². The van der Waals surface area contributed by atoms with Gasteiger partial charge >= 0.3 is 12.1 Å². The van der Waals surface area contributed by atoms with E-state index in [4.69, 9.17) is 4.74 Å². The molecule has 0 atom stereocenters. The van der Waals surface area contributed by atoms with Crippen LogP contribution in [-0.4, -0.2) is 31.8 Å². The summed E-state index contributed by atoms with van der Waals surface area (Å²) < 4.78 is 45.9. The fourth-order valence-corrected chi connectivity index (χ4v) is 2.73. The maximum absolute atomic E-state index is 13.1. The summed E-state index contributed by atoms with van der Waals surface area (Å²) in [6, 6.07) is 6.90. The number of esters is 1. The normalized spacial score (nSPS) is 12.3. The van der Waals surface area contributed by atoms with Crippen molar-refractivity contribution in [3.63, 3.8) is 0 Å². The molecule has 0 aliphatic carbocycles. The molecule has 9 heteroatoms. The third-order valence-corrected chi connectivity index (χ3v) is 3.99. The predicted molar refractivity (Wildman–Crippen MR) is 105 cm³/mol. The summed E-state index contributed by atoms with van der Waals surface area (Å²) in [5.41, 5.74) is 0.655. The monoisotopic (exact) mass is 416 g/mol. The molecule has 0 saturated heterocycles. The molecule has 1 aromatic carbocycles. The lowest BCUT2D eigenvalue weighted by Gasteiger charge is -2.11. The number of benzene rings is 1. The molecule has 0 unspecified atom stereocenters. The summed E-state index contributed by atoms with van der Waals surface area (Å²) in [6.45, 7) is 5.02. The molecular weight excluding hydrogens is 397 g/mol. The molecule has 0 saturated carbocycles. The van der Waals surface area contributed by atoms with E-state index in [1.54, 1.807) is 39.0 Å². The van der Waals surface area contributed by atoms with Crippen LogP contribution in [0.3, 0.4) is 0 Å². The van der Waals surface area contributed by atoms with Crippen molar-refractivity contribution >= 4 is 17.7 Å². The smallest absolute Gasteiger partial charge is 0.416 e. The molecule has 2 heterocycles. The zero-order valence-corrected chi connectivity index (χ0v) is 16.5. The maximum atomic E-state index is 13.1. The van der Waals surface area contributed by atoms with Crippen LogP contribution in [0.4, 0.5) is 13.2 Å². The maximum Gasteiger partial charge on any atom is 0.416 e. The number of carbonyl (C=O) groups excluding carboxylic acids is 1. The van der Waals surface area contributed by atoms with Crippen molar-refractivity contribution in [2.45, 2.75) is 33.1 Å². The fourth-order valence-electron chi connectivity index (χ4n) is 2.73. The highest BCUT2D eigenvalue weighted by atomic mass is 19.4. The van der Waals surface area contributed by atoms with Crippen molar-refractivity contribution in [2.24, 2.45) is 0 Å². The Morgan fingerprint density at radius 1 is 1.17 bits per heavy atom. The molecule has 3 rings (SSSR count). The first kappa shape index (κ1) is 21.2. The predicted octanol–water partition coefficient (Wildman–Crippen LogP) is 4.62. The quantitative estimate of drug-likeness (QED) is 0.449. The molecule has 0 fully saturated rings. The first-order chi connectivity index (χ1) is 14.1. The van der Waals surface area contributed by atoms with Gasteiger partial charge in [0.05, 0.1) is 17.2 Å². The number of pyridine rings is 1. The summed E-state index contributed by atoms with van der Waals surface area (Å²) in [6.07, 6.45) is 0.986. The standard InChI is InChI=1S/C21H19F3N4O2/c1-13(2)30-20(29)18(15-4-6-25-7-5-15)11-28-12-26-19(27-28)16-8-14(3)9-17(10-16)21(22,23)24/h4-13H,1-3H3/b18-11+. The largest absolute Gasteiger partial charge is 0.459 e. The Morgan fingerprint density at radius 2 is 1.87 bits per heavy atom. The highest BCUT2D eigenvalue weighted by molar-refractivity contribution is 6.20. The lowest BCUT2D eigenvalue weighted by atomic mass is 10.1. The third kappa shape index (κ3) is 5.11. The number of alkyl halides is 3. The average molecular weight is 416 g/mol. The lowest BCUT2D eigenvalue weighted by Crippen LogP contribution is -2.13. The molecule has 3 aromatic rings. The number of hydrogen-bond donors (Lipinski definition) is 0. The Kier molecular flexibility index (Phi) is 6.00. The van der Waals surface area contributed by atoms with E-state index in [2.05, 4.69) is 15.1 Å². The van der Waals surface area contributed by atoms with Gasteiger partial charge in [0, 0.05) is 24.2 Å². The average Bonchev–Trinajstić information content (AvgIpc) is 3.14. The topological polar surface area (TPSA) is 69.9 Å². The van der Waals surface area contributed by atoms with Gasteiger partial charge in [0.2, 0.25) is 0 Å². The fraction of sp³-hybridized carbons (Fsp3) is 0.238. The Hall–Kier alpha value is -3.49. The van der Waals surface area contributed by atoms with Gasteiger partial charge in [-0.25, -0.2) is 14.5 Å². The second-order valence-electron chi connectivity index (χ2n) is 6.87. The van der Waals surface area contributed by atoms with Crippen LogP contribution in [0.1, 0.15) is 30.5 Å². The van der Waals surface area contributed by atoms with Gasteiger partial charge < -0.3 is 4.74 Å². The third-order valence-electron chi connectivity index (χ3n) is 3.99. The van der Waals surface area contributed by atoms with Crippen molar-refractivity contribution < 1.29 is 22.7 Å². The van der Waals surface area contributed by atoms with Gasteiger partial charge in [-0.2, -0.15) is 13.2 Å². The van der Waals surface area contributed by atoms with Crippen LogP contribution in [0, 0.1) is 6.92 Å². The van der Waals surface area contributed by atoms with E-state index < -0.39 is 17.7 Å². The van der Waals surface area contributed by atoms with E-state index in [0.29, 0.717) is 11.1 Å². The van der Waals surface area contributed by atoms with Crippen molar-refractivity contribution in [2.75, 3.05) is 0 Å². The number of ether oxygens (including phenoxy) is 1. The molecule has 30 heavy (non-hydrogen) atoms. The summed E-state index contributed by atoms with van der Waals surface area (Å²) in [5.74, 6) is -0.463.